The maximum Gasteiger partial charge on any atom is 0.410 e. The number of nitrogens with zero attached hydrogens (tertiary/aromatic N) is 2. The summed E-state index contributed by atoms with van der Waals surface area (Å²) in [6.45, 7) is 0.409. The molecule has 3 heterocycles. The summed E-state index contributed by atoms with van der Waals surface area (Å²) < 4.78 is 48.2. The van der Waals surface area contributed by atoms with Gasteiger partial charge < -0.3 is 35.3 Å². The van der Waals surface area contributed by atoms with Crippen molar-refractivity contribution in [2.24, 2.45) is 0 Å². The third-order valence-electron chi connectivity index (χ3n) is 8.72. The van der Waals surface area contributed by atoms with Crippen molar-refractivity contribution in [3.8, 4) is 0 Å². The molecule has 6 rings (SSSR count). The number of likely N-dealkylation sites (tertiary alicyclic amines) is 2. The zero-order valence-electron chi connectivity index (χ0n) is 25.3. The molecular weight excluding hydrogens is 615 g/mol. The SMILES string of the molecule is O=C(Nc1cc(F)ccc1NC[C@@H]1C[C@H](F)CN1C(=O)O)c1[nH]c2cc(F)ccc2c1C[C@@H]1CCCN1C(=O)OCc1ccccc1. The Hall–Kier alpha value is -5.20. The smallest absolute Gasteiger partial charge is 0.410 e. The molecule has 2 aliphatic heterocycles. The Bertz CT molecular complexity index is 1780. The van der Waals surface area contributed by atoms with Crippen LogP contribution in [0.4, 0.5) is 34.1 Å². The van der Waals surface area contributed by atoms with Crippen LogP contribution in [0.15, 0.2) is 66.7 Å². The number of alkyl halides is 1. The van der Waals surface area contributed by atoms with E-state index in [0.717, 1.165) is 23.0 Å². The first-order valence-electron chi connectivity index (χ1n) is 15.4. The number of H-pyrrole nitrogens is 1. The Labute approximate surface area is 268 Å². The number of hydrogen-bond acceptors (Lipinski definition) is 5. The van der Waals surface area contributed by atoms with E-state index in [1.807, 2.05) is 30.3 Å². The normalized spacial score (nSPS) is 19.3. The summed E-state index contributed by atoms with van der Waals surface area (Å²) in [4.78, 5) is 44.1. The van der Waals surface area contributed by atoms with Gasteiger partial charge in [-0.25, -0.2) is 22.8 Å². The summed E-state index contributed by atoms with van der Waals surface area (Å²) in [5.74, 6) is -1.76. The molecule has 10 nitrogen and oxygen atoms in total. The molecule has 246 valence electrons. The number of nitrogens with one attached hydrogen (secondary N) is 3. The number of rotatable bonds is 9. The van der Waals surface area contributed by atoms with E-state index in [-0.39, 0.29) is 50.0 Å². The molecule has 0 saturated carbocycles. The van der Waals surface area contributed by atoms with Gasteiger partial charge in [0.25, 0.3) is 5.91 Å². The second-order valence-electron chi connectivity index (χ2n) is 11.8. The fraction of sp³-hybridized carbons (Fsp3) is 0.324. The zero-order valence-corrected chi connectivity index (χ0v) is 25.3. The first kappa shape index (κ1) is 31.8. The molecule has 3 amide bonds. The third kappa shape index (κ3) is 7.13. The average Bonchev–Trinajstić information content (AvgIpc) is 3.77. The average molecular weight is 650 g/mol. The van der Waals surface area contributed by atoms with Crippen molar-refractivity contribution in [2.75, 3.05) is 30.3 Å². The van der Waals surface area contributed by atoms with Crippen LogP contribution in [0.5, 0.6) is 0 Å². The second kappa shape index (κ2) is 13.7. The van der Waals surface area contributed by atoms with Crippen LogP contribution >= 0.6 is 0 Å². The van der Waals surface area contributed by atoms with Gasteiger partial charge in [-0.05, 0) is 66.8 Å². The number of carboxylic acid groups (broad SMARTS) is 1. The Morgan fingerprint density at radius 3 is 2.51 bits per heavy atom. The van der Waals surface area contributed by atoms with Crippen LogP contribution in [0.2, 0.25) is 0 Å². The van der Waals surface area contributed by atoms with Crippen molar-refractivity contribution in [3.05, 3.63) is 95.2 Å². The molecule has 4 aromatic rings. The standard InChI is InChI=1S/C34H34F3N5O5/c35-21-8-10-26-27(16-24-7-4-12-41(24)34(46)47-19-20-5-2-1-3-6-20)31(39-29(26)14-21)32(43)40-30-15-22(36)9-11-28(30)38-17-25-13-23(37)18-42(25)33(44)45/h1-3,5-6,8-11,14-15,23-25,38-39H,4,7,12-13,16-19H2,(H,40,43)(H,44,45)/t23-,24-,25-/m0/s1. The van der Waals surface area contributed by atoms with Crippen molar-refractivity contribution in [3.63, 3.8) is 0 Å². The monoisotopic (exact) mass is 649 g/mol. The van der Waals surface area contributed by atoms with Crippen molar-refractivity contribution >= 4 is 40.4 Å². The van der Waals surface area contributed by atoms with Gasteiger partial charge in [0.1, 0.15) is 30.1 Å². The maximum absolute atomic E-state index is 14.4. The van der Waals surface area contributed by atoms with E-state index in [9.17, 15) is 32.7 Å². The highest BCUT2D eigenvalue weighted by Gasteiger charge is 2.36. The fourth-order valence-corrected chi connectivity index (χ4v) is 6.43. The quantitative estimate of drug-likeness (QED) is 0.163. The van der Waals surface area contributed by atoms with Gasteiger partial charge >= 0.3 is 12.2 Å². The van der Waals surface area contributed by atoms with Gasteiger partial charge in [-0.2, -0.15) is 0 Å². The lowest BCUT2D eigenvalue weighted by Gasteiger charge is -2.24. The number of carbonyl (C=O) groups is 3. The highest BCUT2D eigenvalue weighted by atomic mass is 19.1. The first-order valence-corrected chi connectivity index (χ1v) is 15.4. The molecule has 0 unspecified atom stereocenters. The summed E-state index contributed by atoms with van der Waals surface area (Å²) in [6.07, 6.45) is -1.30. The predicted molar refractivity (Wildman–Crippen MR) is 169 cm³/mol. The topological polar surface area (TPSA) is 127 Å². The largest absolute Gasteiger partial charge is 0.465 e. The number of amides is 3. The summed E-state index contributed by atoms with van der Waals surface area (Å²) >= 11 is 0. The van der Waals surface area contributed by atoms with E-state index in [0.29, 0.717) is 35.1 Å². The van der Waals surface area contributed by atoms with Gasteiger partial charge in [0.05, 0.1) is 24.0 Å². The summed E-state index contributed by atoms with van der Waals surface area (Å²) in [7, 11) is 0. The van der Waals surface area contributed by atoms with E-state index in [1.54, 1.807) is 11.0 Å². The Kier molecular flexibility index (Phi) is 9.23. The number of halogens is 3. The molecule has 2 saturated heterocycles. The Balaban J connectivity index is 1.22. The maximum atomic E-state index is 14.4. The summed E-state index contributed by atoms with van der Waals surface area (Å²) in [6, 6.07) is 16.2. The van der Waals surface area contributed by atoms with Gasteiger partial charge in [0, 0.05) is 36.5 Å². The van der Waals surface area contributed by atoms with Gasteiger partial charge in [-0.3, -0.25) is 4.79 Å². The molecule has 2 aliphatic rings. The highest BCUT2D eigenvalue weighted by Crippen LogP contribution is 2.31. The van der Waals surface area contributed by atoms with Gasteiger partial charge in [0.2, 0.25) is 0 Å². The number of ether oxygens (including phenoxy) is 1. The van der Waals surface area contributed by atoms with Gasteiger partial charge in [-0.1, -0.05) is 30.3 Å². The molecule has 3 aromatic carbocycles. The number of aromatic amines is 1. The number of aromatic nitrogens is 1. The second-order valence-corrected chi connectivity index (χ2v) is 11.8. The number of hydrogen-bond donors (Lipinski definition) is 4. The van der Waals surface area contributed by atoms with E-state index < -0.39 is 41.9 Å². The molecule has 0 radical (unpaired) electrons. The minimum atomic E-state index is -1.29. The Morgan fingerprint density at radius 2 is 1.72 bits per heavy atom. The Morgan fingerprint density at radius 1 is 0.957 bits per heavy atom. The van der Waals surface area contributed by atoms with Gasteiger partial charge in [-0.15, -0.1) is 0 Å². The molecule has 2 fully saturated rings. The molecule has 1 aromatic heterocycles. The molecule has 47 heavy (non-hydrogen) atoms. The molecule has 0 spiro atoms. The van der Waals surface area contributed by atoms with Crippen LogP contribution in [0.1, 0.15) is 40.9 Å². The van der Waals surface area contributed by atoms with E-state index >= 15 is 0 Å². The van der Waals surface area contributed by atoms with Crippen molar-refractivity contribution in [1.29, 1.82) is 0 Å². The highest BCUT2D eigenvalue weighted by molar-refractivity contribution is 6.09. The molecule has 13 heteroatoms. The van der Waals surface area contributed by atoms with Crippen molar-refractivity contribution in [1.82, 2.24) is 14.8 Å². The van der Waals surface area contributed by atoms with E-state index in [4.69, 9.17) is 4.74 Å². The van der Waals surface area contributed by atoms with Crippen LogP contribution in [0, 0.1) is 11.6 Å². The zero-order chi connectivity index (χ0) is 33.1. The molecule has 4 N–H and O–H groups in total. The third-order valence-corrected chi connectivity index (χ3v) is 8.72. The lowest BCUT2D eigenvalue weighted by atomic mass is 10.00. The van der Waals surface area contributed by atoms with Crippen molar-refractivity contribution < 1.29 is 37.4 Å². The number of fused-ring (bicyclic) bond motifs is 1. The lowest BCUT2D eigenvalue weighted by molar-refractivity contribution is 0.0921. The van der Waals surface area contributed by atoms with E-state index in [1.165, 1.54) is 24.3 Å². The number of anilines is 2. The van der Waals surface area contributed by atoms with Gasteiger partial charge in [0.15, 0.2) is 0 Å². The minimum Gasteiger partial charge on any atom is -0.465 e. The first-order chi connectivity index (χ1) is 22.7. The molecular formula is C34H34F3N5O5. The lowest BCUT2D eigenvalue weighted by Crippen LogP contribution is -2.38. The van der Waals surface area contributed by atoms with Crippen LogP contribution in [0.3, 0.4) is 0 Å². The summed E-state index contributed by atoms with van der Waals surface area (Å²) in [5, 5.41) is 15.8. The van der Waals surface area contributed by atoms with E-state index in [2.05, 4.69) is 15.6 Å². The minimum absolute atomic E-state index is 0.00908. The molecule has 0 aliphatic carbocycles. The summed E-state index contributed by atoms with van der Waals surface area (Å²) in [5.41, 5.74) is 2.31. The number of carbonyl (C=O) groups excluding carboxylic acids is 2. The molecule has 0 bridgehead atoms. The number of benzene rings is 3. The van der Waals surface area contributed by atoms with Crippen LogP contribution < -0.4 is 10.6 Å². The van der Waals surface area contributed by atoms with Crippen molar-refractivity contribution in [2.45, 2.75) is 50.5 Å². The van der Waals surface area contributed by atoms with Crippen LogP contribution in [0.25, 0.3) is 10.9 Å². The molecule has 3 atom stereocenters. The fourth-order valence-electron chi connectivity index (χ4n) is 6.43. The van der Waals surface area contributed by atoms with Crippen LogP contribution in [-0.2, 0) is 17.8 Å². The predicted octanol–water partition coefficient (Wildman–Crippen LogP) is 6.54. The van der Waals surface area contributed by atoms with Crippen LogP contribution in [-0.4, -0.2) is 75.9 Å².